The number of benzene rings is 2. The van der Waals surface area contributed by atoms with E-state index in [0.717, 1.165) is 49.9 Å². The van der Waals surface area contributed by atoms with Gasteiger partial charge in [0, 0.05) is 34.6 Å². The third-order valence-electron chi connectivity index (χ3n) is 5.76. The molecule has 0 aliphatic rings. The molecule has 5 rings (SSSR count). The Hall–Kier alpha value is -3.46. The summed E-state index contributed by atoms with van der Waals surface area (Å²) in [7, 11) is 2.01. The molecule has 3 heterocycles. The number of rotatable bonds is 4. The molecule has 0 saturated carbocycles. The van der Waals surface area contributed by atoms with Crippen LogP contribution in [0.25, 0.3) is 44.5 Å². The predicted octanol–water partition coefficient (Wildman–Crippen LogP) is 6.65. The molecule has 0 saturated heterocycles. The smallest absolute Gasteiger partial charge is 0.227 e. The van der Waals surface area contributed by atoms with Crippen LogP contribution in [0.3, 0.4) is 0 Å². The van der Waals surface area contributed by atoms with Gasteiger partial charge in [0.05, 0.1) is 5.56 Å². The quantitative estimate of drug-likeness (QED) is 0.310. The molecule has 1 unspecified atom stereocenters. The van der Waals surface area contributed by atoms with Crippen molar-refractivity contribution >= 4 is 22.1 Å². The van der Waals surface area contributed by atoms with E-state index in [1.54, 1.807) is 6.20 Å². The molecule has 3 aromatic heterocycles. The summed E-state index contributed by atoms with van der Waals surface area (Å²) < 4.78 is 39.7. The molecule has 0 N–H and O–H groups in total. The average molecular weight is 412 g/mol. The van der Waals surface area contributed by atoms with Crippen LogP contribution in [0.15, 0.2) is 77.5 Å². The fraction of sp³-hybridized carbons (Fsp3) is 0.214. The number of hydrogen-bond acceptors (Lipinski definition) is 2. The Kier molecular flexibility index (Phi) is 3.79. The highest BCUT2D eigenvalue weighted by molar-refractivity contribution is 6.08. The van der Waals surface area contributed by atoms with Gasteiger partial charge in [0.15, 0.2) is 11.8 Å². The summed E-state index contributed by atoms with van der Waals surface area (Å²) in [5.41, 5.74) is 7.35. The Morgan fingerprint density at radius 1 is 1.06 bits per heavy atom. The van der Waals surface area contributed by atoms with Crippen molar-refractivity contribution in [3.63, 3.8) is 0 Å². The monoisotopic (exact) mass is 411 g/mol. The molecule has 0 aliphatic carbocycles. The van der Waals surface area contributed by atoms with Crippen LogP contribution in [0, 0.1) is 12.8 Å². The molecule has 31 heavy (non-hydrogen) atoms. The van der Waals surface area contributed by atoms with Gasteiger partial charge in [-0.3, -0.25) is 0 Å². The largest absolute Gasteiger partial charge is 0.437 e. The first kappa shape index (κ1) is 15.4. The summed E-state index contributed by atoms with van der Waals surface area (Å²) in [6, 6.07) is 20.1. The summed E-state index contributed by atoms with van der Waals surface area (Å²) in [5.74, 6) is -1.55. The van der Waals surface area contributed by atoms with E-state index in [0.29, 0.717) is 5.71 Å². The maximum Gasteiger partial charge on any atom is 0.227 e. The van der Waals surface area contributed by atoms with Gasteiger partial charge < -0.3 is 4.42 Å². The first-order valence-electron chi connectivity index (χ1n) is 12.4. The van der Waals surface area contributed by atoms with Gasteiger partial charge in [-0.2, -0.15) is 0 Å². The summed E-state index contributed by atoms with van der Waals surface area (Å²) in [6.45, 7) is 1.19. The lowest BCUT2D eigenvalue weighted by molar-refractivity contribution is -0.660. The molecule has 154 valence electrons. The lowest BCUT2D eigenvalue weighted by atomic mass is 9.96. The molecule has 0 amide bonds. The van der Waals surface area contributed by atoms with E-state index >= 15 is 0 Å². The molecule has 2 aromatic carbocycles. The second-order valence-electron chi connectivity index (χ2n) is 8.16. The van der Waals surface area contributed by atoms with Crippen molar-refractivity contribution in [1.29, 1.82) is 0 Å². The minimum absolute atomic E-state index is 0.148. The van der Waals surface area contributed by atoms with E-state index in [1.807, 2.05) is 55.7 Å². The summed E-state index contributed by atoms with van der Waals surface area (Å²) in [6.07, 6.45) is 3.90. The van der Waals surface area contributed by atoms with Crippen LogP contribution in [0.4, 0.5) is 0 Å². The van der Waals surface area contributed by atoms with Crippen molar-refractivity contribution in [2.45, 2.75) is 27.1 Å². The van der Waals surface area contributed by atoms with Crippen molar-refractivity contribution in [1.82, 2.24) is 4.98 Å². The van der Waals surface area contributed by atoms with Gasteiger partial charge in [0.25, 0.3) is 0 Å². The zero-order valence-corrected chi connectivity index (χ0v) is 17.9. The minimum Gasteiger partial charge on any atom is -0.437 e. The Labute approximate surface area is 188 Å². The van der Waals surface area contributed by atoms with Crippen molar-refractivity contribution in [3.05, 3.63) is 84.2 Å². The summed E-state index contributed by atoms with van der Waals surface area (Å²) >= 11 is 0. The third kappa shape index (κ3) is 3.50. The number of nitrogens with zero attached hydrogens (tertiary/aromatic N) is 2. The van der Waals surface area contributed by atoms with Gasteiger partial charge in [-0.25, -0.2) is 9.55 Å². The Balaban J connectivity index is 1.62. The van der Waals surface area contributed by atoms with Crippen LogP contribution in [0.5, 0.6) is 0 Å². The fourth-order valence-corrected chi connectivity index (χ4v) is 4.26. The molecule has 0 spiro atoms. The number of furan rings is 1. The van der Waals surface area contributed by atoms with Crippen LogP contribution >= 0.6 is 0 Å². The fourth-order valence-electron chi connectivity index (χ4n) is 4.26. The minimum atomic E-state index is -2.35. The van der Waals surface area contributed by atoms with Crippen LogP contribution in [0.2, 0.25) is 0 Å². The molecule has 0 radical (unpaired) electrons. The van der Waals surface area contributed by atoms with Crippen LogP contribution in [-0.2, 0) is 13.5 Å². The molecule has 1 atom stereocenters. The first-order chi connectivity index (χ1) is 16.5. The average Bonchev–Trinajstić information content (AvgIpc) is 3.17. The van der Waals surface area contributed by atoms with Crippen molar-refractivity contribution in [3.8, 4) is 22.4 Å². The zero-order chi connectivity index (χ0) is 25.0. The molecule has 3 heteroatoms. The maximum atomic E-state index is 8.33. The third-order valence-corrected chi connectivity index (χ3v) is 5.76. The molecule has 3 nitrogen and oxygen atoms in total. The summed E-state index contributed by atoms with van der Waals surface area (Å²) in [5, 5.41) is 2.02. The normalized spacial score (nSPS) is 15.8. The first-order valence-corrected chi connectivity index (χ1v) is 10.4. The predicted molar refractivity (Wildman–Crippen MR) is 127 cm³/mol. The highest BCUT2D eigenvalue weighted by atomic mass is 16.3. The van der Waals surface area contributed by atoms with E-state index in [-0.39, 0.29) is 6.42 Å². The van der Waals surface area contributed by atoms with E-state index < -0.39 is 12.7 Å². The van der Waals surface area contributed by atoms with Crippen molar-refractivity contribution < 1.29 is 14.5 Å². The lowest BCUT2D eigenvalue weighted by Gasteiger charge is -2.10. The Morgan fingerprint density at radius 3 is 2.81 bits per heavy atom. The van der Waals surface area contributed by atoms with Crippen molar-refractivity contribution in [2.75, 3.05) is 0 Å². The number of hydrogen-bond donors (Lipinski definition) is 0. The Bertz CT molecular complexity index is 1570. The van der Waals surface area contributed by atoms with Gasteiger partial charge in [-0.15, -0.1) is 0 Å². The number of fused-ring (bicyclic) bond motifs is 3. The lowest BCUT2D eigenvalue weighted by Crippen LogP contribution is -2.30. The van der Waals surface area contributed by atoms with E-state index in [4.69, 9.17) is 9.90 Å². The van der Waals surface area contributed by atoms with Crippen LogP contribution in [0.1, 0.15) is 30.4 Å². The van der Waals surface area contributed by atoms with Crippen LogP contribution in [-0.4, -0.2) is 4.98 Å². The van der Waals surface area contributed by atoms with Crippen LogP contribution < -0.4 is 4.57 Å². The van der Waals surface area contributed by atoms with E-state index in [9.17, 15) is 0 Å². The maximum absolute atomic E-state index is 8.33. The molecule has 0 fully saturated rings. The van der Waals surface area contributed by atoms with Crippen molar-refractivity contribution in [2.24, 2.45) is 12.9 Å². The van der Waals surface area contributed by atoms with Gasteiger partial charge in [-0.05, 0) is 53.6 Å². The SMILES string of the molecule is [2H]C([2H])([2H])C([2H])(C)Cc1cccc(-c2cc[n+](C)c(-c3c(C)ccc4c3oc3ncccc34)c2)c1. The second-order valence-corrected chi connectivity index (χ2v) is 8.16. The molecule has 0 aliphatic heterocycles. The van der Waals surface area contributed by atoms with Gasteiger partial charge in [0.1, 0.15) is 7.05 Å². The Morgan fingerprint density at radius 2 is 1.94 bits per heavy atom. The highest BCUT2D eigenvalue weighted by Crippen LogP contribution is 2.37. The molecule has 5 aromatic rings. The van der Waals surface area contributed by atoms with E-state index in [1.165, 1.54) is 6.92 Å². The van der Waals surface area contributed by atoms with E-state index in [2.05, 4.69) is 34.7 Å². The van der Waals surface area contributed by atoms with Gasteiger partial charge in [-0.1, -0.05) is 50.2 Å². The molecular weight excluding hydrogens is 380 g/mol. The highest BCUT2D eigenvalue weighted by Gasteiger charge is 2.21. The second kappa shape index (κ2) is 7.66. The number of aryl methyl sites for hydroxylation is 2. The number of aromatic nitrogens is 2. The van der Waals surface area contributed by atoms with Gasteiger partial charge in [0.2, 0.25) is 11.4 Å². The summed E-state index contributed by atoms with van der Waals surface area (Å²) in [4.78, 5) is 4.40. The molecule has 0 bridgehead atoms. The zero-order valence-electron chi connectivity index (χ0n) is 21.9. The number of pyridine rings is 2. The molecular formula is C28H27N2O+. The topological polar surface area (TPSA) is 29.9 Å². The van der Waals surface area contributed by atoms with Gasteiger partial charge >= 0.3 is 0 Å². The standard InChI is InChI=1S/C28H27N2O/c1-18(2)15-20-7-5-8-21(16-20)22-12-14-30(4)25(17-22)26-19(3)10-11-23-24-9-6-13-29-28(24)31-27(23)26/h5-14,16-18H,15H2,1-4H3/q+1/i1D3,18D.